The molecule has 1 unspecified atom stereocenters. The molecule has 0 aliphatic heterocycles. The molecule has 2 rings (SSSR count). The topological polar surface area (TPSA) is 57.5 Å². The second kappa shape index (κ2) is 4.42. The highest BCUT2D eigenvalue weighted by atomic mass is 31.1. The van der Waals surface area contributed by atoms with Gasteiger partial charge in [0, 0.05) is 10.9 Å². The summed E-state index contributed by atoms with van der Waals surface area (Å²) in [6, 6.07) is 11.9. The van der Waals surface area contributed by atoms with Gasteiger partial charge in [-0.2, -0.15) is 0 Å². The Balaban J connectivity index is 2.50. The maximum Gasteiger partial charge on any atom is 0.165 e. The van der Waals surface area contributed by atoms with Gasteiger partial charge in [0.25, 0.3) is 0 Å². The van der Waals surface area contributed by atoms with Crippen molar-refractivity contribution in [3.63, 3.8) is 0 Å². The van der Waals surface area contributed by atoms with Crippen molar-refractivity contribution < 1.29 is 14.8 Å². The lowest BCUT2D eigenvalue weighted by Gasteiger charge is -2.06. The van der Waals surface area contributed by atoms with E-state index in [2.05, 4.69) is 0 Å². The van der Waals surface area contributed by atoms with Gasteiger partial charge in [-0.05, 0) is 11.6 Å². The van der Waals surface area contributed by atoms with Crippen LogP contribution in [-0.4, -0.2) is 10.2 Å². The third kappa shape index (κ3) is 1.95. The Morgan fingerprint density at radius 3 is 2.25 bits per heavy atom. The molecule has 0 heterocycles. The number of phenolic OH excluding ortho intramolecular Hbond substituents is 2. The van der Waals surface area contributed by atoms with Crippen molar-refractivity contribution >= 4 is 13.8 Å². The third-order valence-electron chi connectivity index (χ3n) is 2.37. The summed E-state index contributed by atoms with van der Waals surface area (Å²) in [5.41, 5.74) is 1.34. The van der Waals surface area contributed by atoms with Crippen LogP contribution in [0.5, 0.6) is 11.5 Å². The van der Waals surface area contributed by atoms with Crippen LogP contribution < -0.4 is 5.30 Å². The molecule has 0 aliphatic rings. The predicted octanol–water partition coefficient (Wildman–Crippen LogP) is 2.15. The van der Waals surface area contributed by atoms with Crippen molar-refractivity contribution in [3.05, 3.63) is 42.5 Å². The Bertz CT molecular complexity index is 520. The number of hydrogen-bond donors (Lipinski definition) is 2. The van der Waals surface area contributed by atoms with E-state index in [1.807, 2.05) is 0 Å². The van der Waals surface area contributed by atoms with Gasteiger partial charge in [0.1, 0.15) is 0 Å². The van der Waals surface area contributed by atoms with Crippen LogP contribution in [0.15, 0.2) is 42.5 Å². The van der Waals surface area contributed by atoms with Crippen molar-refractivity contribution in [1.82, 2.24) is 0 Å². The minimum atomic E-state index is -0.933. The summed E-state index contributed by atoms with van der Waals surface area (Å²) >= 11 is 0. The van der Waals surface area contributed by atoms with Crippen LogP contribution >= 0.6 is 8.46 Å². The van der Waals surface area contributed by atoms with E-state index in [1.54, 1.807) is 36.4 Å². The molecular weight excluding hydrogens is 223 g/mol. The minimum absolute atomic E-state index is 0.135. The van der Waals surface area contributed by atoms with E-state index in [0.29, 0.717) is 5.56 Å². The first-order valence-corrected chi connectivity index (χ1v) is 5.84. The highest BCUT2D eigenvalue weighted by Crippen LogP contribution is 2.35. The highest BCUT2D eigenvalue weighted by Gasteiger charge is 2.07. The molecule has 0 fully saturated rings. The van der Waals surface area contributed by atoms with Gasteiger partial charge in [0.15, 0.2) is 11.5 Å². The van der Waals surface area contributed by atoms with Gasteiger partial charge in [0.05, 0.1) is 8.46 Å². The molecule has 2 aromatic rings. The van der Waals surface area contributed by atoms with Gasteiger partial charge in [-0.25, -0.2) is 0 Å². The van der Waals surface area contributed by atoms with Crippen molar-refractivity contribution in [3.8, 4) is 22.6 Å². The van der Waals surface area contributed by atoms with Crippen molar-refractivity contribution in [1.29, 1.82) is 0 Å². The number of rotatable bonds is 2. The maximum atomic E-state index is 10.7. The second-order valence-corrected chi connectivity index (χ2v) is 4.32. The first-order valence-electron chi connectivity index (χ1n) is 4.79. The molecule has 0 amide bonds. The Morgan fingerprint density at radius 1 is 0.938 bits per heavy atom. The zero-order valence-electron chi connectivity index (χ0n) is 8.42. The molecule has 16 heavy (non-hydrogen) atoms. The first kappa shape index (κ1) is 10.8. The monoisotopic (exact) mass is 234 g/mol. The summed E-state index contributed by atoms with van der Waals surface area (Å²) in [7, 11) is -0.933. The predicted molar refractivity (Wildman–Crippen MR) is 65.2 cm³/mol. The van der Waals surface area contributed by atoms with Crippen LogP contribution in [0.4, 0.5) is 0 Å². The summed E-state index contributed by atoms with van der Waals surface area (Å²) in [5.74, 6) is -0.277. The van der Waals surface area contributed by atoms with Gasteiger partial charge in [-0.15, -0.1) is 0 Å². The van der Waals surface area contributed by atoms with Crippen molar-refractivity contribution in [2.24, 2.45) is 0 Å². The van der Waals surface area contributed by atoms with E-state index >= 15 is 0 Å². The molecule has 0 aliphatic carbocycles. The van der Waals surface area contributed by atoms with E-state index in [4.69, 9.17) is 0 Å². The largest absolute Gasteiger partial charge is 0.504 e. The van der Waals surface area contributed by atoms with Crippen molar-refractivity contribution in [2.75, 3.05) is 0 Å². The Morgan fingerprint density at radius 2 is 1.62 bits per heavy atom. The number of hydrogen-bond acceptors (Lipinski definition) is 3. The van der Waals surface area contributed by atoms with Gasteiger partial charge < -0.3 is 14.8 Å². The lowest BCUT2D eigenvalue weighted by atomic mass is 10.0. The van der Waals surface area contributed by atoms with E-state index < -0.39 is 8.46 Å². The van der Waals surface area contributed by atoms with E-state index in [-0.39, 0.29) is 11.5 Å². The van der Waals surface area contributed by atoms with Crippen molar-refractivity contribution in [2.45, 2.75) is 0 Å². The number of para-hydroxylation sites is 1. The van der Waals surface area contributed by atoms with Gasteiger partial charge in [-0.3, -0.25) is 0 Å². The molecule has 1 atom stereocenters. The molecule has 0 aromatic heterocycles. The van der Waals surface area contributed by atoms with Gasteiger partial charge in [0.2, 0.25) is 0 Å². The molecule has 82 valence electrons. The maximum absolute atomic E-state index is 10.7. The van der Waals surface area contributed by atoms with Crippen LogP contribution in [0.2, 0.25) is 0 Å². The van der Waals surface area contributed by atoms with E-state index in [1.165, 1.54) is 6.07 Å². The second-order valence-electron chi connectivity index (χ2n) is 3.41. The molecule has 4 heteroatoms. The normalized spacial score (nSPS) is 11.0. The van der Waals surface area contributed by atoms with E-state index in [0.717, 1.165) is 10.9 Å². The van der Waals surface area contributed by atoms with Crippen LogP contribution in [-0.2, 0) is 4.57 Å². The number of phenols is 2. The molecule has 0 saturated heterocycles. The zero-order chi connectivity index (χ0) is 11.5. The fourth-order valence-electron chi connectivity index (χ4n) is 1.51. The fourth-order valence-corrected chi connectivity index (χ4v) is 1.86. The summed E-state index contributed by atoms with van der Waals surface area (Å²) < 4.78 is 10.7. The Kier molecular flexibility index (Phi) is 2.97. The SMILES string of the molecule is O=[PH2]c1ccc(-c2cccc(O)c2O)cc1. The number of benzene rings is 2. The van der Waals surface area contributed by atoms with Crippen LogP contribution in [0.1, 0.15) is 0 Å². The highest BCUT2D eigenvalue weighted by molar-refractivity contribution is 7.34. The average Bonchev–Trinajstić information content (AvgIpc) is 2.33. The van der Waals surface area contributed by atoms with Crippen LogP contribution in [0.25, 0.3) is 11.1 Å². The standard InChI is InChI=1S/C12H11O3P/c13-11-3-1-2-10(12(11)14)8-4-6-9(16-15)7-5-8/h1-7,13-14H,16H2. The molecule has 0 bridgehead atoms. The molecule has 2 N–H and O–H groups in total. The van der Waals surface area contributed by atoms with Gasteiger partial charge in [-0.1, -0.05) is 36.4 Å². The smallest absolute Gasteiger partial charge is 0.165 e. The Labute approximate surface area is 94.2 Å². The van der Waals surface area contributed by atoms with Gasteiger partial charge >= 0.3 is 0 Å². The first-order chi connectivity index (χ1) is 7.72. The van der Waals surface area contributed by atoms with Crippen LogP contribution in [0.3, 0.4) is 0 Å². The minimum Gasteiger partial charge on any atom is -0.504 e. The lowest BCUT2D eigenvalue weighted by Crippen LogP contribution is -1.89. The summed E-state index contributed by atoms with van der Waals surface area (Å²) in [6.45, 7) is 0. The van der Waals surface area contributed by atoms with E-state index in [9.17, 15) is 14.8 Å². The molecule has 0 spiro atoms. The molecule has 3 nitrogen and oxygen atoms in total. The summed E-state index contributed by atoms with van der Waals surface area (Å²) in [5, 5.41) is 19.8. The van der Waals surface area contributed by atoms with Crippen LogP contribution in [0, 0.1) is 0 Å². The molecular formula is C12H11O3P. The molecule has 0 saturated carbocycles. The Hall–Kier alpha value is -1.73. The zero-order valence-corrected chi connectivity index (χ0v) is 9.58. The molecule has 0 radical (unpaired) electrons. The quantitative estimate of drug-likeness (QED) is 0.618. The third-order valence-corrected chi connectivity index (χ3v) is 3.03. The summed E-state index contributed by atoms with van der Waals surface area (Å²) in [6.07, 6.45) is 0. The average molecular weight is 234 g/mol. The number of aromatic hydroxyl groups is 2. The fraction of sp³-hybridized carbons (Fsp3) is 0. The molecule has 2 aromatic carbocycles. The summed E-state index contributed by atoms with van der Waals surface area (Å²) in [4.78, 5) is 0. The lowest BCUT2D eigenvalue weighted by molar-refractivity contribution is 0.405.